The molecule has 1 aliphatic heterocycles. The number of carbonyl (C=O) groups excluding carboxylic acids is 1. The highest BCUT2D eigenvalue weighted by Gasteiger charge is 2.33. The number of benzene rings is 1. The van der Waals surface area contributed by atoms with E-state index < -0.39 is 10.0 Å². The van der Waals surface area contributed by atoms with Crippen LogP contribution in [0.15, 0.2) is 27.5 Å². The summed E-state index contributed by atoms with van der Waals surface area (Å²) >= 11 is 11.9. The van der Waals surface area contributed by atoms with Gasteiger partial charge >= 0.3 is 6.01 Å². The Kier molecular flexibility index (Phi) is 5.52. The Bertz CT molecular complexity index is 923. The number of nitrogens with one attached hydrogen (secondary N) is 1. The molecule has 1 fully saturated rings. The van der Waals surface area contributed by atoms with Crippen molar-refractivity contribution in [2.75, 3.05) is 18.4 Å². The molecule has 0 bridgehead atoms. The molecular weight excluding hydrogens is 403 g/mol. The average molecular weight is 419 g/mol. The zero-order chi connectivity index (χ0) is 18.9. The molecule has 140 valence electrons. The molecule has 1 saturated heterocycles. The molecule has 0 spiro atoms. The van der Waals surface area contributed by atoms with Crippen molar-refractivity contribution in [3.63, 3.8) is 0 Å². The highest BCUT2D eigenvalue weighted by atomic mass is 35.5. The fourth-order valence-electron chi connectivity index (χ4n) is 2.73. The van der Waals surface area contributed by atoms with Gasteiger partial charge in [0.1, 0.15) is 4.90 Å². The maximum Gasteiger partial charge on any atom is 0.322 e. The summed E-state index contributed by atoms with van der Waals surface area (Å²) in [7, 11) is -3.78. The fourth-order valence-corrected chi connectivity index (χ4v) is 4.93. The van der Waals surface area contributed by atoms with Gasteiger partial charge < -0.3 is 4.42 Å². The third-order valence-corrected chi connectivity index (χ3v) is 6.71. The third-order valence-electron chi connectivity index (χ3n) is 4.09. The Morgan fingerprint density at radius 1 is 1.27 bits per heavy atom. The van der Waals surface area contributed by atoms with Gasteiger partial charge in [-0.05, 0) is 31.0 Å². The second-order valence-electron chi connectivity index (χ2n) is 5.87. The molecule has 0 saturated carbocycles. The van der Waals surface area contributed by atoms with Gasteiger partial charge in [0.2, 0.25) is 21.8 Å². The minimum atomic E-state index is -3.78. The second kappa shape index (κ2) is 7.51. The van der Waals surface area contributed by atoms with Gasteiger partial charge in [-0.1, -0.05) is 28.3 Å². The predicted molar refractivity (Wildman–Crippen MR) is 95.6 cm³/mol. The molecule has 1 aliphatic rings. The Balaban J connectivity index is 1.66. The number of rotatable bonds is 4. The minimum absolute atomic E-state index is 0.0316. The maximum absolute atomic E-state index is 12.8. The first-order chi connectivity index (χ1) is 12.3. The van der Waals surface area contributed by atoms with Crippen molar-refractivity contribution in [3.05, 3.63) is 34.1 Å². The van der Waals surface area contributed by atoms with E-state index in [9.17, 15) is 13.2 Å². The molecule has 0 aliphatic carbocycles. The van der Waals surface area contributed by atoms with Gasteiger partial charge in [-0.3, -0.25) is 10.1 Å². The number of hydrogen-bond donors (Lipinski definition) is 1. The predicted octanol–water partition coefficient (Wildman–Crippen LogP) is 2.72. The van der Waals surface area contributed by atoms with Gasteiger partial charge in [0.15, 0.2) is 0 Å². The van der Waals surface area contributed by atoms with Crippen LogP contribution in [-0.2, 0) is 14.8 Å². The van der Waals surface area contributed by atoms with E-state index in [4.69, 9.17) is 27.6 Å². The number of hydrogen-bond acceptors (Lipinski definition) is 6. The summed E-state index contributed by atoms with van der Waals surface area (Å²) in [6.45, 7) is 2.02. The first-order valence-corrected chi connectivity index (χ1v) is 10.0. The lowest BCUT2D eigenvalue weighted by Crippen LogP contribution is -2.41. The molecule has 0 unspecified atom stereocenters. The summed E-state index contributed by atoms with van der Waals surface area (Å²) in [6.07, 6.45) is 0.743. The molecule has 11 heteroatoms. The van der Waals surface area contributed by atoms with Crippen LogP contribution in [0.4, 0.5) is 6.01 Å². The largest absolute Gasteiger partial charge is 0.408 e. The molecule has 1 N–H and O–H groups in total. The van der Waals surface area contributed by atoms with Crippen LogP contribution in [-0.4, -0.2) is 41.9 Å². The molecular formula is C15H16Cl2N4O4S. The van der Waals surface area contributed by atoms with Crippen molar-refractivity contribution >= 4 is 45.1 Å². The van der Waals surface area contributed by atoms with E-state index in [0.717, 1.165) is 0 Å². The summed E-state index contributed by atoms with van der Waals surface area (Å²) < 4.78 is 32.0. The summed E-state index contributed by atoms with van der Waals surface area (Å²) in [5.74, 6) is -0.269. The zero-order valence-corrected chi connectivity index (χ0v) is 16.1. The van der Waals surface area contributed by atoms with Crippen LogP contribution in [0.5, 0.6) is 0 Å². The van der Waals surface area contributed by atoms with Crippen molar-refractivity contribution in [2.24, 2.45) is 5.92 Å². The van der Waals surface area contributed by atoms with E-state index in [1.807, 2.05) is 0 Å². The molecule has 1 aromatic carbocycles. The van der Waals surface area contributed by atoms with Gasteiger partial charge in [0.25, 0.3) is 0 Å². The summed E-state index contributed by atoms with van der Waals surface area (Å²) in [6, 6.07) is 4.34. The van der Waals surface area contributed by atoms with Crippen LogP contribution >= 0.6 is 23.2 Å². The number of piperidine rings is 1. The van der Waals surface area contributed by atoms with Crippen molar-refractivity contribution in [2.45, 2.75) is 24.7 Å². The summed E-state index contributed by atoms with van der Waals surface area (Å²) in [5.41, 5.74) is 0. The monoisotopic (exact) mass is 418 g/mol. The van der Waals surface area contributed by atoms with Crippen molar-refractivity contribution < 1.29 is 17.6 Å². The molecule has 2 heterocycles. The third kappa shape index (κ3) is 4.01. The van der Waals surface area contributed by atoms with Crippen molar-refractivity contribution in [1.82, 2.24) is 14.5 Å². The number of nitrogens with zero attached hydrogens (tertiary/aromatic N) is 3. The van der Waals surface area contributed by atoms with Gasteiger partial charge in [0, 0.05) is 31.0 Å². The van der Waals surface area contributed by atoms with E-state index in [1.165, 1.54) is 22.5 Å². The number of aryl methyl sites for hydroxylation is 1. The van der Waals surface area contributed by atoms with Gasteiger partial charge in [0.05, 0.1) is 5.02 Å². The van der Waals surface area contributed by atoms with Crippen LogP contribution in [0.25, 0.3) is 0 Å². The van der Waals surface area contributed by atoms with Crippen molar-refractivity contribution in [1.29, 1.82) is 0 Å². The first kappa shape index (κ1) is 19.1. The maximum atomic E-state index is 12.8. The van der Waals surface area contributed by atoms with Gasteiger partial charge in [-0.2, -0.15) is 4.31 Å². The molecule has 1 aromatic heterocycles. The highest BCUT2D eigenvalue weighted by molar-refractivity contribution is 7.89. The normalized spacial score (nSPS) is 16.6. The summed E-state index contributed by atoms with van der Waals surface area (Å²) in [4.78, 5) is 12.2. The van der Waals surface area contributed by atoms with E-state index in [2.05, 4.69) is 15.5 Å². The number of aromatic nitrogens is 2. The van der Waals surface area contributed by atoms with Gasteiger partial charge in [-0.25, -0.2) is 8.42 Å². The molecule has 0 atom stereocenters. The smallest absolute Gasteiger partial charge is 0.322 e. The van der Waals surface area contributed by atoms with Crippen LogP contribution < -0.4 is 5.32 Å². The van der Waals surface area contributed by atoms with Crippen LogP contribution in [0, 0.1) is 12.8 Å². The number of halogens is 2. The minimum Gasteiger partial charge on any atom is -0.408 e. The zero-order valence-electron chi connectivity index (χ0n) is 13.8. The lowest BCUT2D eigenvalue weighted by Gasteiger charge is -2.30. The lowest BCUT2D eigenvalue weighted by molar-refractivity contribution is -0.121. The molecule has 1 amide bonds. The van der Waals surface area contributed by atoms with E-state index >= 15 is 0 Å². The number of amides is 1. The van der Waals surface area contributed by atoms with E-state index in [1.54, 1.807) is 6.92 Å². The molecule has 26 heavy (non-hydrogen) atoms. The Morgan fingerprint density at radius 2 is 1.96 bits per heavy atom. The van der Waals surface area contributed by atoms with Crippen LogP contribution in [0.3, 0.4) is 0 Å². The second-order valence-corrected chi connectivity index (χ2v) is 8.62. The van der Waals surface area contributed by atoms with Crippen molar-refractivity contribution in [3.8, 4) is 0 Å². The Hall–Kier alpha value is -1.68. The van der Waals surface area contributed by atoms with E-state index in [-0.39, 0.29) is 45.9 Å². The van der Waals surface area contributed by atoms with Crippen LogP contribution in [0.1, 0.15) is 18.7 Å². The molecule has 3 rings (SSSR count). The SMILES string of the molecule is Cc1nnc(NC(=O)C2CCN(S(=O)(=O)c3cc(Cl)ccc3Cl)CC2)o1. The van der Waals surface area contributed by atoms with Crippen LogP contribution in [0.2, 0.25) is 10.0 Å². The molecule has 2 aromatic rings. The van der Waals surface area contributed by atoms with Gasteiger partial charge in [-0.15, -0.1) is 5.10 Å². The molecule has 0 radical (unpaired) electrons. The quantitative estimate of drug-likeness (QED) is 0.817. The fraction of sp³-hybridized carbons (Fsp3) is 0.400. The standard InChI is InChI=1S/C15H16Cl2N4O4S/c1-9-19-20-15(25-9)18-14(22)10-4-6-21(7-5-10)26(23,24)13-8-11(16)2-3-12(13)17/h2-3,8,10H,4-7H2,1H3,(H,18,20,22). The average Bonchev–Trinajstić information content (AvgIpc) is 3.02. The summed E-state index contributed by atoms with van der Waals surface area (Å²) in [5, 5.41) is 10.3. The number of sulfonamides is 1. The lowest BCUT2D eigenvalue weighted by atomic mass is 9.97. The first-order valence-electron chi connectivity index (χ1n) is 7.83. The highest BCUT2D eigenvalue weighted by Crippen LogP contribution is 2.30. The topological polar surface area (TPSA) is 105 Å². The number of anilines is 1. The number of carbonyl (C=O) groups is 1. The molecule has 8 nitrogen and oxygen atoms in total. The Labute approximate surface area is 160 Å². The van der Waals surface area contributed by atoms with E-state index in [0.29, 0.717) is 18.7 Å². The Morgan fingerprint density at radius 3 is 2.58 bits per heavy atom.